The third-order valence-electron chi connectivity index (χ3n) is 3.55. The number of nitrogens with one attached hydrogen (secondary N) is 1. The molecule has 1 N–H and O–H groups in total. The standard InChI is InChI=1S/C16H19N5O2S2/c1-16(2,10-17)21(3)13(22)9-24-15-20-19-14(25-15)18-11-5-7-12(23-4)8-6-11/h5-8H,9H2,1-4H3,(H,18,19). The Labute approximate surface area is 155 Å². The van der Waals surface area contributed by atoms with Crippen molar-refractivity contribution >= 4 is 39.8 Å². The molecule has 1 aromatic carbocycles. The molecule has 1 aromatic heterocycles. The highest BCUT2D eigenvalue weighted by Gasteiger charge is 2.27. The van der Waals surface area contributed by atoms with Crippen LogP contribution in [0.2, 0.25) is 0 Å². The molecule has 0 radical (unpaired) electrons. The number of thioether (sulfide) groups is 1. The summed E-state index contributed by atoms with van der Waals surface area (Å²) in [6.45, 7) is 3.41. The molecular weight excluding hydrogens is 358 g/mol. The molecule has 0 aliphatic rings. The second-order valence-corrected chi connectivity index (χ2v) is 7.84. The van der Waals surface area contributed by atoms with Crippen molar-refractivity contribution in [2.45, 2.75) is 23.7 Å². The number of amides is 1. The first-order chi connectivity index (χ1) is 11.9. The van der Waals surface area contributed by atoms with Crippen molar-refractivity contribution in [3.8, 4) is 11.8 Å². The summed E-state index contributed by atoms with van der Waals surface area (Å²) >= 11 is 2.67. The summed E-state index contributed by atoms with van der Waals surface area (Å²) < 4.78 is 5.80. The molecule has 2 rings (SSSR count). The zero-order chi connectivity index (χ0) is 18.4. The van der Waals surface area contributed by atoms with Gasteiger partial charge < -0.3 is 15.0 Å². The molecule has 0 atom stereocenters. The zero-order valence-electron chi connectivity index (χ0n) is 14.4. The van der Waals surface area contributed by atoms with Gasteiger partial charge in [0.05, 0.1) is 18.9 Å². The van der Waals surface area contributed by atoms with Crippen molar-refractivity contribution in [1.82, 2.24) is 15.1 Å². The van der Waals surface area contributed by atoms with Crippen molar-refractivity contribution in [2.24, 2.45) is 0 Å². The lowest BCUT2D eigenvalue weighted by molar-refractivity contribution is -0.130. The van der Waals surface area contributed by atoms with E-state index in [-0.39, 0.29) is 11.7 Å². The van der Waals surface area contributed by atoms with E-state index < -0.39 is 5.54 Å². The molecule has 0 saturated heterocycles. The fourth-order valence-corrected chi connectivity index (χ4v) is 3.41. The van der Waals surface area contributed by atoms with E-state index in [0.29, 0.717) is 9.47 Å². The molecule has 9 heteroatoms. The van der Waals surface area contributed by atoms with E-state index in [2.05, 4.69) is 21.6 Å². The SMILES string of the molecule is COc1ccc(Nc2nnc(SCC(=O)N(C)C(C)(C)C#N)s2)cc1. The predicted octanol–water partition coefficient (Wildman–Crippen LogP) is 3.14. The van der Waals surface area contributed by atoms with Gasteiger partial charge in [-0.2, -0.15) is 5.26 Å². The van der Waals surface area contributed by atoms with Crippen molar-refractivity contribution in [2.75, 3.05) is 25.2 Å². The van der Waals surface area contributed by atoms with Crippen LogP contribution in [0, 0.1) is 11.3 Å². The highest BCUT2D eigenvalue weighted by atomic mass is 32.2. The van der Waals surface area contributed by atoms with Crippen LogP contribution < -0.4 is 10.1 Å². The van der Waals surface area contributed by atoms with Crippen molar-refractivity contribution < 1.29 is 9.53 Å². The Morgan fingerprint density at radius 2 is 2.08 bits per heavy atom. The van der Waals surface area contributed by atoms with Crippen molar-refractivity contribution in [3.63, 3.8) is 0 Å². The topological polar surface area (TPSA) is 91.1 Å². The molecule has 7 nitrogen and oxygen atoms in total. The Morgan fingerprint density at radius 3 is 2.68 bits per heavy atom. The van der Waals surface area contributed by atoms with E-state index in [4.69, 9.17) is 10.00 Å². The molecular formula is C16H19N5O2S2. The van der Waals surface area contributed by atoms with E-state index in [9.17, 15) is 4.79 Å². The van der Waals surface area contributed by atoms with Gasteiger partial charge in [-0.25, -0.2) is 0 Å². The lowest BCUT2D eigenvalue weighted by atomic mass is 10.1. The Morgan fingerprint density at radius 1 is 1.40 bits per heavy atom. The number of nitriles is 1. The number of nitrogens with zero attached hydrogens (tertiary/aromatic N) is 4. The molecule has 0 aliphatic heterocycles. The average Bonchev–Trinajstić information content (AvgIpc) is 3.07. The lowest BCUT2D eigenvalue weighted by Crippen LogP contribution is -2.44. The van der Waals surface area contributed by atoms with E-state index >= 15 is 0 Å². The molecule has 0 saturated carbocycles. The second kappa shape index (κ2) is 8.18. The maximum Gasteiger partial charge on any atom is 0.234 e. The van der Waals surface area contributed by atoms with E-state index in [1.54, 1.807) is 28.0 Å². The van der Waals surface area contributed by atoms with Gasteiger partial charge in [0.15, 0.2) is 4.34 Å². The first kappa shape index (κ1) is 19.0. The molecule has 1 heterocycles. The van der Waals surface area contributed by atoms with E-state index in [1.807, 2.05) is 24.3 Å². The van der Waals surface area contributed by atoms with Crippen LogP contribution in [0.5, 0.6) is 5.75 Å². The number of hydrogen-bond acceptors (Lipinski definition) is 8. The zero-order valence-corrected chi connectivity index (χ0v) is 16.1. The number of anilines is 2. The maximum atomic E-state index is 12.2. The predicted molar refractivity (Wildman–Crippen MR) is 99.4 cm³/mol. The minimum Gasteiger partial charge on any atom is -0.497 e. The molecule has 1 amide bonds. The number of methoxy groups -OCH3 is 1. The number of carbonyl (C=O) groups is 1. The monoisotopic (exact) mass is 377 g/mol. The maximum absolute atomic E-state index is 12.2. The number of carbonyl (C=O) groups excluding carboxylic acids is 1. The summed E-state index contributed by atoms with van der Waals surface area (Å²) in [5.74, 6) is 0.858. The van der Waals surface area contributed by atoms with Crippen LogP contribution in [-0.4, -0.2) is 46.5 Å². The van der Waals surface area contributed by atoms with Crippen LogP contribution in [0.25, 0.3) is 0 Å². The molecule has 0 spiro atoms. The minimum atomic E-state index is -0.833. The van der Waals surface area contributed by atoms with Gasteiger partial charge in [-0.15, -0.1) is 10.2 Å². The Balaban J connectivity index is 1.91. The number of aromatic nitrogens is 2. The van der Waals surface area contributed by atoms with Gasteiger partial charge in [-0.1, -0.05) is 23.1 Å². The first-order valence-electron chi connectivity index (χ1n) is 7.41. The Hall–Kier alpha value is -2.31. The quantitative estimate of drug-likeness (QED) is 0.741. The van der Waals surface area contributed by atoms with Gasteiger partial charge in [-0.05, 0) is 38.1 Å². The van der Waals surface area contributed by atoms with Crippen LogP contribution in [0.15, 0.2) is 28.6 Å². The third kappa shape index (κ3) is 5.08. The van der Waals surface area contributed by atoms with Gasteiger partial charge >= 0.3 is 0 Å². The molecule has 25 heavy (non-hydrogen) atoms. The molecule has 132 valence electrons. The summed E-state index contributed by atoms with van der Waals surface area (Å²) in [4.78, 5) is 13.6. The van der Waals surface area contributed by atoms with Gasteiger partial charge in [-0.3, -0.25) is 4.79 Å². The Kier molecular flexibility index (Phi) is 6.22. The highest BCUT2D eigenvalue weighted by Crippen LogP contribution is 2.28. The number of hydrogen-bond donors (Lipinski definition) is 1. The average molecular weight is 377 g/mol. The molecule has 0 fully saturated rings. The fraction of sp³-hybridized carbons (Fsp3) is 0.375. The Bertz CT molecular complexity index is 768. The summed E-state index contributed by atoms with van der Waals surface area (Å²) in [7, 11) is 3.25. The second-order valence-electron chi connectivity index (χ2n) is 5.64. The van der Waals surface area contributed by atoms with Gasteiger partial charge in [0.1, 0.15) is 11.3 Å². The van der Waals surface area contributed by atoms with Gasteiger partial charge in [0.25, 0.3) is 0 Å². The molecule has 0 unspecified atom stereocenters. The van der Waals surface area contributed by atoms with Gasteiger partial charge in [0.2, 0.25) is 11.0 Å². The summed E-state index contributed by atoms with van der Waals surface area (Å²) in [5.41, 5.74) is 0.0416. The smallest absolute Gasteiger partial charge is 0.234 e. The third-order valence-corrected chi connectivity index (χ3v) is 5.51. The van der Waals surface area contributed by atoms with E-state index in [0.717, 1.165) is 11.4 Å². The molecule has 2 aromatic rings. The van der Waals surface area contributed by atoms with Crippen LogP contribution >= 0.6 is 23.1 Å². The summed E-state index contributed by atoms with van der Waals surface area (Å²) in [6.07, 6.45) is 0. The van der Waals surface area contributed by atoms with E-state index in [1.165, 1.54) is 28.0 Å². The summed E-state index contributed by atoms with van der Waals surface area (Å²) in [6, 6.07) is 9.58. The lowest BCUT2D eigenvalue weighted by Gasteiger charge is -2.28. The number of rotatable bonds is 7. The largest absolute Gasteiger partial charge is 0.497 e. The normalized spacial score (nSPS) is 10.8. The van der Waals surface area contributed by atoms with Crippen LogP contribution in [-0.2, 0) is 4.79 Å². The highest BCUT2D eigenvalue weighted by molar-refractivity contribution is 8.01. The van der Waals surface area contributed by atoms with Crippen LogP contribution in [0.1, 0.15) is 13.8 Å². The first-order valence-corrected chi connectivity index (χ1v) is 9.21. The molecule has 0 aliphatic carbocycles. The number of benzene rings is 1. The van der Waals surface area contributed by atoms with Crippen LogP contribution in [0.4, 0.5) is 10.8 Å². The van der Waals surface area contributed by atoms with Crippen molar-refractivity contribution in [3.05, 3.63) is 24.3 Å². The number of ether oxygens (including phenoxy) is 1. The van der Waals surface area contributed by atoms with Gasteiger partial charge in [0, 0.05) is 12.7 Å². The minimum absolute atomic E-state index is 0.128. The van der Waals surface area contributed by atoms with Crippen molar-refractivity contribution in [1.29, 1.82) is 5.26 Å². The molecule has 0 bridgehead atoms. The van der Waals surface area contributed by atoms with Crippen LogP contribution in [0.3, 0.4) is 0 Å². The summed E-state index contributed by atoms with van der Waals surface area (Å²) in [5, 5.41) is 21.0. The fourth-order valence-electron chi connectivity index (χ4n) is 1.72.